The first-order chi connectivity index (χ1) is 9.40. The first kappa shape index (κ1) is 15.2. The topological polar surface area (TPSA) is 67.0 Å². The number of ether oxygens (including phenoxy) is 1. The van der Waals surface area contributed by atoms with E-state index in [1.807, 2.05) is 6.92 Å². The van der Waals surface area contributed by atoms with Crippen molar-refractivity contribution in [2.45, 2.75) is 59.2 Å². The summed E-state index contributed by atoms with van der Waals surface area (Å²) in [6.07, 6.45) is 2.24. The lowest BCUT2D eigenvalue weighted by atomic mass is 9.88. The van der Waals surface area contributed by atoms with Crippen molar-refractivity contribution in [1.29, 1.82) is 0 Å². The van der Waals surface area contributed by atoms with E-state index >= 15 is 0 Å². The summed E-state index contributed by atoms with van der Waals surface area (Å²) in [7, 11) is 0. The molecule has 0 spiro atoms. The van der Waals surface area contributed by atoms with E-state index < -0.39 is 0 Å². The predicted octanol–water partition coefficient (Wildman–Crippen LogP) is 2.15. The molecule has 1 aromatic heterocycles. The highest BCUT2D eigenvalue weighted by atomic mass is 16.5. The summed E-state index contributed by atoms with van der Waals surface area (Å²) in [5.41, 5.74) is 0.551. The number of nitrogens with zero attached hydrogens (tertiary/aromatic N) is 1. The molecule has 2 N–H and O–H groups in total. The average Bonchev–Trinajstić information content (AvgIpc) is 3.15. The van der Waals surface area contributed by atoms with Crippen LogP contribution in [0.4, 0.5) is 0 Å². The minimum atomic E-state index is -0.207. The van der Waals surface area contributed by atoms with E-state index in [2.05, 4.69) is 36.1 Å². The summed E-state index contributed by atoms with van der Waals surface area (Å²) in [5.74, 6) is 0.624. The smallest absolute Gasteiger partial charge is 0.251 e. The Bertz CT molecular complexity index is 501. The van der Waals surface area contributed by atoms with Gasteiger partial charge in [-0.15, -0.1) is 0 Å². The van der Waals surface area contributed by atoms with Crippen molar-refractivity contribution < 1.29 is 4.74 Å². The number of aromatic nitrogens is 2. The third-order valence-electron chi connectivity index (χ3n) is 3.33. The zero-order valence-corrected chi connectivity index (χ0v) is 12.8. The van der Waals surface area contributed by atoms with E-state index in [4.69, 9.17) is 4.74 Å². The second-order valence-corrected chi connectivity index (χ2v) is 6.48. The van der Waals surface area contributed by atoms with E-state index in [9.17, 15) is 4.79 Å². The van der Waals surface area contributed by atoms with Crippen LogP contribution in [0.3, 0.4) is 0 Å². The van der Waals surface area contributed by atoms with Crippen molar-refractivity contribution in [3.05, 3.63) is 27.9 Å². The maximum Gasteiger partial charge on any atom is 0.251 e. The molecule has 0 amide bonds. The maximum atomic E-state index is 11.8. The van der Waals surface area contributed by atoms with Crippen molar-refractivity contribution in [3.8, 4) is 0 Å². The minimum Gasteiger partial charge on any atom is -0.370 e. The molecule has 1 aliphatic rings. The van der Waals surface area contributed by atoms with Crippen LogP contribution in [-0.4, -0.2) is 22.6 Å². The number of H-pyrrole nitrogens is 1. The van der Waals surface area contributed by atoms with Crippen LogP contribution in [0.2, 0.25) is 0 Å². The van der Waals surface area contributed by atoms with Crippen LogP contribution in [0, 0.1) is 5.41 Å². The van der Waals surface area contributed by atoms with Gasteiger partial charge in [0.05, 0.1) is 5.69 Å². The Balaban J connectivity index is 2.21. The molecule has 2 rings (SSSR count). The Morgan fingerprint density at radius 3 is 2.75 bits per heavy atom. The summed E-state index contributed by atoms with van der Waals surface area (Å²) in [4.78, 5) is 19.2. The average molecular weight is 279 g/mol. The van der Waals surface area contributed by atoms with E-state index in [1.54, 1.807) is 6.07 Å². The fourth-order valence-corrected chi connectivity index (χ4v) is 2.19. The van der Waals surface area contributed by atoms with Crippen LogP contribution in [0.15, 0.2) is 10.9 Å². The summed E-state index contributed by atoms with van der Waals surface area (Å²) in [5, 5.41) is 3.38. The van der Waals surface area contributed by atoms with Gasteiger partial charge in [0.25, 0.3) is 5.56 Å². The molecular weight excluding hydrogens is 254 g/mol. The fourth-order valence-electron chi connectivity index (χ4n) is 2.19. The van der Waals surface area contributed by atoms with Gasteiger partial charge >= 0.3 is 0 Å². The molecule has 1 unspecified atom stereocenters. The Labute approximate surface area is 120 Å². The molecule has 1 heterocycles. The second kappa shape index (κ2) is 6.06. The van der Waals surface area contributed by atoms with Crippen LogP contribution in [0.1, 0.15) is 58.2 Å². The van der Waals surface area contributed by atoms with Crippen molar-refractivity contribution in [1.82, 2.24) is 15.3 Å². The molecule has 5 nitrogen and oxygen atoms in total. The van der Waals surface area contributed by atoms with Crippen LogP contribution in [0.5, 0.6) is 0 Å². The number of hydrogen-bond acceptors (Lipinski definition) is 4. The summed E-state index contributed by atoms with van der Waals surface area (Å²) in [6, 6.07) is 2.16. The molecule has 1 atom stereocenters. The molecule has 1 saturated carbocycles. The summed E-state index contributed by atoms with van der Waals surface area (Å²) in [6.45, 7) is 9.45. The van der Waals surface area contributed by atoms with E-state index in [1.165, 1.54) is 12.8 Å². The third kappa shape index (κ3) is 4.15. The third-order valence-corrected chi connectivity index (χ3v) is 3.33. The molecule has 0 saturated heterocycles. The minimum absolute atomic E-state index is 0.114. The molecule has 0 aromatic carbocycles. The Kier molecular flexibility index (Phi) is 4.60. The van der Waals surface area contributed by atoms with Gasteiger partial charge in [0.15, 0.2) is 0 Å². The molecule has 1 aromatic rings. The Morgan fingerprint density at radius 2 is 2.20 bits per heavy atom. The van der Waals surface area contributed by atoms with Gasteiger partial charge in [-0.05, 0) is 25.2 Å². The van der Waals surface area contributed by atoms with Crippen LogP contribution in [-0.2, 0) is 11.3 Å². The van der Waals surface area contributed by atoms with Crippen molar-refractivity contribution >= 4 is 0 Å². The zero-order chi connectivity index (χ0) is 14.8. The predicted molar refractivity (Wildman–Crippen MR) is 78.5 cm³/mol. The zero-order valence-electron chi connectivity index (χ0n) is 12.8. The highest BCUT2D eigenvalue weighted by molar-refractivity contribution is 5.07. The Hall–Kier alpha value is -1.20. The van der Waals surface area contributed by atoms with E-state index in [-0.39, 0.29) is 17.1 Å². The van der Waals surface area contributed by atoms with Gasteiger partial charge in [-0.25, -0.2) is 4.98 Å². The molecule has 0 bridgehead atoms. The molecular formula is C15H25N3O2. The fraction of sp³-hybridized carbons (Fsp3) is 0.733. The van der Waals surface area contributed by atoms with E-state index in [0.717, 1.165) is 5.69 Å². The van der Waals surface area contributed by atoms with Crippen molar-refractivity contribution in [2.75, 3.05) is 6.61 Å². The summed E-state index contributed by atoms with van der Waals surface area (Å²) >= 11 is 0. The lowest BCUT2D eigenvalue weighted by Crippen LogP contribution is -2.27. The van der Waals surface area contributed by atoms with Crippen LogP contribution >= 0.6 is 0 Å². The highest BCUT2D eigenvalue weighted by Crippen LogP contribution is 2.33. The highest BCUT2D eigenvalue weighted by Gasteiger charge is 2.29. The first-order valence-electron chi connectivity index (χ1n) is 7.35. The van der Waals surface area contributed by atoms with Crippen molar-refractivity contribution in [3.63, 3.8) is 0 Å². The van der Waals surface area contributed by atoms with Crippen molar-refractivity contribution in [2.24, 2.45) is 5.41 Å². The van der Waals surface area contributed by atoms with Gasteiger partial charge in [-0.1, -0.05) is 20.8 Å². The normalized spacial score (nSPS) is 17.2. The van der Waals surface area contributed by atoms with Crippen LogP contribution in [0.25, 0.3) is 0 Å². The number of hydrogen-bond donors (Lipinski definition) is 2. The number of aromatic amines is 1. The molecule has 0 radical (unpaired) electrons. The number of nitrogens with one attached hydrogen (secondary N) is 2. The second-order valence-electron chi connectivity index (χ2n) is 6.48. The lowest BCUT2D eigenvalue weighted by Gasteiger charge is -2.29. The monoisotopic (exact) mass is 279 g/mol. The SMILES string of the molecule is CCOC(c1nc(CNC2CC2)cc(=O)[nH]1)C(C)(C)C. The number of rotatable bonds is 6. The first-order valence-corrected chi connectivity index (χ1v) is 7.35. The maximum absolute atomic E-state index is 11.8. The van der Waals surface area contributed by atoms with Gasteiger partial charge in [0, 0.05) is 25.3 Å². The molecule has 112 valence electrons. The van der Waals surface area contributed by atoms with Gasteiger partial charge in [0.1, 0.15) is 11.9 Å². The molecule has 20 heavy (non-hydrogen) atoms. The summed E-state index contributed by atoms with van der Waals surface area (Å²) < 4.78 is 5.79. The Morgan fingerprint density at radius 1 is 1.50 bits per heavy atom. The lowest BCUT2D eigenvalue weighted by molar-refractivity contribution is -0.0194. The molecule has 1 fully saturated rings. The molecule has 0 aliphatic heterocycles. The molecule has 5 heteroatoms. The van der Waals surface area contributed by atoms with Gasteiger partial charge in [-0.2, -0.15) is 0 Å². The standard InChI is InChI=1S/C15H25N3O2/c1-5-20-13(15(2,3)4)14-17-11(8-12(19)18-14)9-16-10-6-7-10/h8,10,13,16H,5-7,9H2,1-4H3,(H,17,18,19). The van der Waals surface area contributed by atoms with Gasteiger partial charge in [0.2, 0.25) is 0 Å². The van der Waals surface area contributed by atoms with Gasteiger partial charge in [-0.3, -0.25) is 4.79 Å². The quantitative estimate of drug-likeness (QED) is 0.837. The van der Waals surface area contributed by atoms with E-state index in [0.29, 0.717) is 25.0 Å². The molecule has 1 aliphatic carbocycles. The van der Waals surface area contributed by atoms with Crippen LogP contribution < -0.4 is 10.9 Å². The van der Waals surface area contributed by atoms with Gasteiger partial charge < -0.3 is 15.0 Å². The largest absolute Gasteiger partial charge is 0.370 e.